The van der Waals surface area contributed by atoms with Gasteiger partial charge in [0.1, 0.15) is 5.54 Å². The Morgan fingerprint density at radius 3 is 2.07 bits per heavy atom. The van der Waals surface area contributed by atoms with E-state index in [1.54, 1.807) is 11.5 Å². The Morgan fingerprint density at radius 2 is 1.58 bits per heavy atom. The van der Waals surface area contributed by atoms with Gasteiger partial charge in [0.25, 0.3) is 0 Å². The highest BCUT2D eigenvalue weighted by Crippen LogP contribution is 2.65. The lowest BCUT2D eigenvalue weighted by atomic mass is 9.52. The second kappa shape index (κ2) is 10.2. The number of hydrogen-bond donors (Lipinski definition) is 0. The molecular weight excluding hydrogens is 569 g/mol. The highest BCUT2D eigenvalue weighted by atomic mass is 28.4. The molecule has 2 aliphatic carbocycles. The lowest BCUT2D eigenvalue weighted by molar-refractivity contribution is -0.127. The maximum absolute atomic E-state index is 12.9. The Kier molecular flexibility index (Phi) is 8.02. The fourth-order valence-corrected chi connectivity index (χ4v) is 9.81. The average molecular weight is 623 g/mol. The maximum atomic E-state index is 12.9. The first-order valence-corrected chi connectivity index (χ1v) is 21.5. The lowest BCUT2D eigenvalue weighted by Crippen LogP contribution is -2.68. The van der Waals surface area contributed by atoms with Gasteiger partial charge in [-0.2, -0.15) is 4.99 Å². The van der Waals surface area contributed by atoms with Gasteiger partial charge in [-0.3, -0.25) is 9.36 Å². The Balaban J connectivity index is 2.22. The molecule has 43 heavy (non-hydrogen) atoms. The molecule has 0 N–H and O–H groups in total. The van der Waals surface area contributed by atoms with E-state index >= 15 is 0 Å². The number of aliphatic imine (C=N–C) groups is 1. The third-order valence-corrected chi connectivity index (χ3v) is 21.0. The Hall–Kier alpha value is -2.10. The summed E-state index contributed by atoms with van der Waals surface area (Å²) in [5, 5.41) is 0.876. The molecule has 1 aromatic carbocycles. The van der Waals surface area contributed by atoms with Crippen molar-refractivity contribution in [2.75, 3.05) is 0 Å². The van der Waals surface area contributed by atoms with Gasteiger partial charge in [-0.1, -0.05) is 80.5 Å². The zero-order valence-electron chi connectivity index (χ0n) is 29.1. The number of fused-ring (bicyclic) bond motifs is 3. The molecule has 1 heterocycles. The van der Waals surface area contributed by atoms with E-state index in [9.17, 15) is 9.59 Å². The van der Waals surface area contributed by atoms with Crippen LogP contribution in [0.5, 0.6) is 0 Å². The van der Waals surface area contributed by atoms with Crippen LogP contribution >= 0.6 is 0 Å². The van der Waals surface area contributed by atoms with Crippen LogP contribution in [0.4, 0.5) is 0 Å². The second-order valence-corrected chi connectivity index (χ2v) is 26.3. The van der Waals surface area contributed by atoms with Crippen molar-refractivity contribution >= 4 is 39.5 Å². The Morgan fingerprint density at radius 1 is 1.02 bits per heavy atom. The van der Waals surface area contributed by atoms with Crippen molar-refractivity contribution in [3.63, 3.8) is 0 Å². The van der Waals surface area contributed by atoms with E-state index < -0.39 is 39.1 Å². The normalized spacial score (nSPS) is 29.1. The van der Waals surface area contributed by atoms with Gasteiger partial charge in [-0.15, -0.1) is 6.58 Å². The van der Waals surface area contributed by atoms with Crippen molar-refractivity contribution in [2.45, 2.75) is 135 Å². The zero-order valence-corrected chi connectivity index (χ0v) is 31.1. The van der Waals surface area contributed by atoms with Crippen molar-refractivity contribution in [1.82, 2.24) is 4.57 Å². The number of rotatable bonds is 6. The van der Waals surface area contributed by atoms with Gasteiger partial charge in [-0.05, 0) is 71.2 Å². The minimum absolute atomic E-state index is 0.0189. The average Bonchev–Trinajstić information content (AvgIpc) is 3.25. The van der Waals surface area contributed by atoms with Gasteiger partial charge in [0, 0.05) is 23.9 Å². The first-order chi connectivity index (χ1) is 19.4. The number of hydrogen-bond acceptors (Lipinski definition) is 5. The molecule has 1 fully saturated rings. The molecule has 236 valence electrons. The van der Waals surface area contributed by atoms with Gasteiger partial charge < -0.3 is 8.85 Å². The van der Waals surface area contributed by atoms with Gasteiger partial charge in [0.2, 0.25) is 12.0 Å². The number of isocyanates is 1. The third kappa shape index (κ3) is 4.75. The summed E-state index contributed by atoms with van der Waals surface area (Å²) in [5.74, 6) is -0.137. The van der Waals surface area contributed by atoms with Crippen LogP contribution in [-0.4, -0.2) is 45.4 Å². The summed E-state index contributed by atoms with van der Waals surface area (Å²) in [6, 6.07) is 6.04. The molecule has 0 radical (unpaired) electrons. The van der Waals surface area contributed by atoms with Crippen molar-refractivity contribution in [3.8, 4) is 0 Å². The monoisotopic (exact) mass is 622 g/mol. The molecule has 8 heteroatoms. The largest absolute Gasteiger partial charge is 0.413 e. The number of carbonyl (C=O) groups excluding carboxylic acids is 2. The van der Waals surface area contributed by atoms with Gasteiger partial charge >= 0.3 is 0 Å². The molecule has 0 spiro atoms. The van der Waals surface area contributed by atoms with Crippen LogP contribution < -0.4 is 0 Å². The molecular formula is C35H54N2O4Si2. The summed E-state index contributed by atoms with van der Waals surface area (Å²) in [6.45, 7) is 35.3. The van der Waals surface area contributed by atoms with Crippen LogP contribution in [0.2, 0.25) is 36.3 Å². The molecule has 1 aromatic heterocycles. The van der Waals surface area contributed by atoms with Crippen molar-refractivity contribution in [1.29, 1.82) is 0 Å². The molecule has 2 aliphatic rings. The Labute approximate surface area is 261 Å². The summed E-state index contributed by atoms with van der Waals surface area (Å²) in [5.41, 5.74) is 0.319. The number of aromatic nitrogens is 1. The molecule has 0 aliphatic heterocycles. The van der Waals surface area contributed by atoms with E-state index in [2.05, 4.69) is 101 Å². The molecule has 2 aromatic rings. The second-order valence-electron chi connectivity index (χ2n) is 16.8. The third-order valence-electron chi connectivity index (χ3n) is 12.1. The molecule has 6 nitrogen and oxygen atoms in total. The fourth-order valence-electron chi connectivity index (χ4n) is 7.08. The van der Waals surface area contributed by atoms with Crippen LogP contribution in [0.3, 0.4) is 0 Å². The first-order valence-electron chi connectivity index (χ1n) is 15.7. The predicted octanol–water partition coefficient (Wildman–Crippen LogP) is 9.12. The van der Waals surface area contributed by atoms with E-state index in [1.165, 1.54) is 0 Å². The smallest absolute Gasteiger partial charge is 0.236 e. The molecule has 1 saturated carbocycles. The standard InChI is InChI=1S/C35H54N2O4Si2/c1-16-34(11)28(40-42(12,13)31(3,4)5)20-25-30(41-43(14,15)32(6,7)8)35(34,36-22-38)24-18-17-19-27-29(24)26(33(25,9)10)21-37(27)23(2)39/h16-19,21,25,28,30H,1,20H2,2-15H3/t25-,28-,30+,34+,35+/m0/s1. The van der Waals surface area contributed by atoms with Crippen LogP contribution in [0, 0.1) is 11.3 Å². The van der Waals surface area contributed by atoms with E-state index in [4.69, 9.17) is 13.8 Å². The molecule has 2 bridgehead atoms. The molecule has 0 saturated heterocycles. The molecule has 4 rings (SSSR count). The van der Waals surface area contributed by atoms with Crippen LogP contribution in [0.15, 0.2) is 42.0 Å². The van der Waals surface area contributed by atoms with E-state index in [0.717, 1.165) is 22.0 Å². The van der Waals surface area contributed by atoms with Gasteiger partial charge in [0.05, 0.1) is 17.7 Å². The number of carbonyl (C=O) groups is 1. The molecule has 5 atom stereocenters. The quantitative estimate of drug-likeness (QED) is 0.139. The first kappa shape index (κ1) is 33.8. The van der Waals surface area contributed by atoms with E-state index in [0.29, 0.717) is 6.42 Å². The minimum atomic E-state index is -2.40. The zero-order chi connectivity index (χ0) is 32.8. The topological polar surface area (TPSA) is 69.9 Å². The SMILES string of the molecule is C=C[C@]1(C)[C@@H](O[Si](C)(C)C(C)(C)C)C[C@H]2[C@@H](O[Si](C)(C)C(C)(C)C)[C@]1(N=C=O)c1cccc3c1c(cn3C(C)=O)C2(C)C. The highest BCUT2D eigenvalue weighted by molar-refractivity contribution is 6.74. The number of benzene rings is 1. The van der Waals surface area contributed by atoms with Crippen molar-refractivity contribution < 1.29 is 18.4 Å². The summed E-state index contributed by atoms with van der Waals surface area (Å²) >= 11 is 0. The predicted molar refractivity (Wildman–Crippen MR) is 182 cm³/mol. The van der Waals surface area contributed by atoms with Crippen molar-refractivity contribution in [3.05, 3.63) is 48.2 Å². The summed E-state index contributed by atoms with van der Waals surface area (Å²) in [7, 11) is -4.69. The highest BCUT2D eigenvalue weighted by Gasteiger charge is 2.69. The van der Waals surface area contributed by atoms with Crippen LogP contribution in [0.1, 0.15) is 91.6 Å². The number of nitrogens with zero attached hydrogens (tertiary/aromatic N) is 2. The minimum Gasteiger partial charge on any atom is -0.413 e. The van der Waals surface area contributed by atoms with E-state index in [1.807, 2.05) is 30.5 Å². The van der Waals surface area contributed by atoms with Crippen LogP contribution in [0.25, 0.3) is 10.9 Å². The summed E-state index contributed by atoms with van der Waals surface area (Å²) in [6.07, 6.45) is 6.00. The van der Waals surface area contributed by atoms with Gasteiger partial charge in [-0.25, -0.2) is 4.79 Å². The van der Waals surface area contributed by atoms with Gasteiger partial charge in [0.15, 0.2) is 16.6 Å². The van der Waals surface area contributed by atoms with E-state index in [-0.39, 0.29) is 28.0 Å². The molecule has 0 amide bonds. The summed E-state index contributed by atoms with van der Waals surface area (Å²) in [4.78, 5) is 30.6. The fraction of sp³-hybridized carbons (Fsp3) is 0.657. The Bertz CT molecular complexity index is 1500. The lowest BCUT2D eigenvalue weighted by Gasteiger charge is -2.62. The summed E-state index contributed by atoms with van der Waals surface area (Å²) < 4.78 is 16.6. The van der Waals surface area contributed by atoms with Crippen LogP contribution in [-0.2, 0) is 24.6 Å². The maximum Gasteiger partial charge on any atom is 0.236 e. The van der Waals surface area contributed by atoms with Crippen molar-refractivity contribution in [2.24, 2.45) is 16.3 Å². The molecule has 0 unspecified atom stereocenters.